The van der Waals surface area contributed by atoms with Gasteiger partial charge in [0.25, 0.3) is 5.91 Å². The van der Waals surface area contributed by atoms with Crippen molar-refractivity contribution in [3.63, 3.8) is 0 Å². The van der Waals surface area contributed by atoms with Crippen molar-refractivity contribution in [1.82, 2.24) is 5.32 Å². The van der Waals surface area contributed by atoms with Gasteiger partial charge in [-0.25, -0.2) is 4.79 Å². The van der Waals surface area contributed by atoms with Crippen LogP contribution in [0.15, 0.2) is 40.9 Å². The first kappa shape index (κ1) is 23.5. The van der Waals surface area contributed by atoms with Crippen molar-refractivity contribution in [1.29, 1.82) is 0 Å². The molecule has 0 aliphatic carbocycles. The zero-order valence-corrected chi connectivity index (χ0v) is 19.1. The molecule has 0 spiro atoms. The average Bonchev–Trinajstić information content (AvgIpc) is 2.65. The number of hydrogen-bond acceptors (Lipinski definition) is 5. The molecule has 0 radical (unpaired) electrons. The van der Waals surface area contributed by atoms with Crippen molar-refractivity contribution in [3.8, 4) is 11.5 Å². The predicted octanol–water partition coefficient (Wildman–Crippen LogP) is 4.45. The van der Waals surface area contributed by atoms with Crippen LogP contribution in [0.2, 0.25) is 0 Å². The molecule has 3 N–H and O–H groups in total. The summed E-state index contributed by atoms with van der Waals surface area (Å²) in [5, 5.41) is 15.1. The quantitative estimate of drug-likeness (QED) is 0.492. The molecule has 8 heteroatoms. The maximum absolute atomic E-state index is 12.1. The summed E-state index contributed by atoms with van der Waals surface area (Å²) < 4.78 is 12.1. The molecule has 0 atom stereocenters. The third-order valence-electron chi connectivity index (χ3n) is 3.86. The Morgan fingerprint density at radius 1 is 1.10 bits per heavy atom. The van der Waals surface area contributed by atoms with Gasteiger partial charge in [-0.2, -0.15) is 0 Å². The van der Waals surface area contributed by atoms with Gasteiger partial charge in [0, 0.05) is 17.8 Å². The van der Waals surface area contributed by atoms with Crippen LogP contribution in [0.25, 0.3) is 0 Å². The van der Waals surface area contributed by atoms with Gasteiger partial charge in [-0.1, -0.05) is 0 Å². The van der Waals surface area contributed by atoms with E-state index < -0.39 is 5.97 Å². The highest BCUT2D eigenvalue weighted by atomic mass is 79.9. The molecule has 2 aromatic carbocycles. The minimum Gasteiger partial charge on any atom is -0.490 e. The highest BCUT2D eigenvalue weighted by molar-refractivity contribution is 9.10. The molecule has 162 valence electrons. The number of aromatic carboxylic acids is 1. The van der Waals surface area contributed by atoms with Crippen molar-refractivity contribution < 1.29 is 24.2 Å². The van der Waals surface area contributed by atoms with Crippen LogP contribution in [0.5, 0.6) is 11.5 Å². The van der Waals surface area contributed by atoms with Crippen LogP contribution in [0.4, 0.5) is 5.69 Å². The zero-order valence-electron chi connectivity index (χ0n) is 17.5. The normalized spacial score (nSPS) is 11.0. The van der Waals surface area contributed by atoms with E-state index in [1.807, 2.05) is 39.8 Å². The molecule has 0 aliphatic rings. The van der Waals surface area contributed by atoms with Crippen molar-refractivity contribution in [2.24, 2.45) is 0 Å². The number of benzene rings is 2. The molecule has 0 heterocycles. The minimum absolute atomic E-state index is 0.122. The van der Waals surface area contributed by atoms with E-state index in [0.29, 0.717) is 29.1 Å². The summed E-state index contributed by atoms with van der Waals surface area (Å²) in [5.74, 6) is -0.171. The molecule has 7 nitrogen and oxygen atoms in total. The highest BCUT2D eigenvalue weighted by Gasteiger charge is 2.17. The van der Waals surface area contributed by atoms with E-state index in [4.69, 9.17) is 14.6 Å². The van der Waals surface area contributed by atoms with Crippen molar-refractivity contribution in [2.75, 3.05) is 18.5 Å². The number of halogens is 1. The number of rotatable bonds is 9. The van der Waals surface area contributed by atoms with E-state index in [9.17, 15) is 9.59 Å². The molecule has 1 amide bonds. The molecular weight excluding hydrogens is 452 g/mol. The fraction of sp³-hybridized carbons (Fsp3) is 0.364. The van der Waals surface area contributed by atoms with Gasteiger partial charge in [0.15, 0.2) is 18.1 Å². The van der Waals surface area contributed by atoms with Crippen molar-refractivity contribution >= 4 is 33.5 Å². The third kappa shape index (κ3) is 7.26. The van der Waals surface area contributed by atoms with E-state index >= 15 is 0 Å². The lowest BCUT2D eigenvalue weighted by molar-refractivity contribution is -0.124. The maximum atomic E-state index is 12.1. The summed E-state index contributed by atoms with van der Waals surface area (Å²) in [4.78, 5) is 23.0. The Labute approximate surface area is 184 Å². The summed E-state index contributed by atoms with van der Waals surface area (Å²) in [7, 11) is 0. The van der Waals surface area contributed by atoms with Crippen LogP contribution in [-0.2, 0) is 11.3 Å². The Morgan fingerprint density at radius 2 is 1.77 bits per heavy atom. The Balaban J connectivity index is 2.09. The van der Waals surface area contributed by atoms with Crippen molar-refractivity contribution in [2.45, 2.75) is 39.8 Å². The van der Waals surface area contributed by atoms with Crippen LogP contribution in [-0.4, -0.2) is 35.7 Å². The van der Waals surface area contributed by atoms with Gasteiger partial charge in [0.05, 0.1) is 16.6 Å². The lowest BCUT2D eigenvalue weighted by Gasteiger charge is -2.21. The minimum atomic E-state index is -0.960. The molecule has 2 aromatic rings. The van der Waals surface area contributed by atoms with E-state index in [-0.39, 0.29) is 23.6 Å². The number of nitrogens with one attached hydrogen (secondary N) is 2. The predicted molar refractivity (Wildman–Crippen MR) is 119 cm³/mol. The molecule has 0 saturated carbocycles. The summed E-state index contributed by atoms with van der Waals surface area (Å²) in [6.45, 7) is 8.42. The Hall–Kier alpha value is -2.74. The third-order valence-corrected chi connectivity index (χ3v) is 4.45. The highest BCUT2D eigenvalue weighted by Crippen LogP contribution is 2.37. The van der Waals surface area contributed by atoms with Gasteiger partial charge in [0.2, 0.25) is 0 Å². The number of carboxylic acids is 1. The van der Waals surface area contributed by atoms with Gasteiger partial charge in [-0.15, -0.1) is 0 Å². The molecule has 30 heavy (non-hydrogen) atoms. The van der Waals surface area contributed by atoms with Gasteiger partial charge < -0.3 is 25.2 Å². The molecule has 0 saturated heterocycles. The first-order valence-electron chi connectivity index (χ1n) is 9.55. The topological polar surface area (TPSA) is 96.9 Å². The van der Waals surface area contributed by atoms with E-state index in [0.717, 1.165) is 11.3 Å². The number of carboxylic acid groups (broad SMARTS) is 1. The van der Waals surface area contributed by atoms with Crippen LogP contribution in [0.1, 0.15) is 43.6 Å². The second-order valence-electron chi connectivity index (χ2n) is 7.66. The van der Waals surface area contributed by atoms with Crippen LogP contribution >= 0.6 is 15.9 Å². The maximum Gasteiger partial charge on any atom is 0.335 e. The van der Waals surface area contributed by atoms with Crippen LogP contribution in [0, 0.1) is 0 Å². The summed E-state index contributed by atoms with van der Waals surface area (Å²) in [5.41, 5.74) is 1.63. The fourth-order valence-electron chi connectivity index (χ4n) is 2.65. The van der Waals surface area contributed by atoms with Gasteiger partial charge in [-0.05, 0) is 85.6 Å². The molecule has 0 unspecified atom stereocenters. The van der Waals surface area contributed by atoms with Gasteiger partial charge in [-0.3, -0.25) is 4.79 Å². The van der Waals surface area contributed by atoms with Crippen LogP contribution in [0.3, 0.4) is 0 Å². The second-order valence-corrected chi connectivity index (χ2v) is 8.52. The standard InChI is InChI=1S/C22H27BrN2O5/c1-5-29-18-11-14(12-24-16-8-6-15(7-9-16)21(27)28)10-17(23)20(18)30-13-19(26)25-22(2,3)4/h6-11,24H,5,12-13H2,1-4H3,(H,25,26)(H,27,28). The molecule has 0 aliphatic heterocycles. The largest absolute Gasteiger partial charge is 0.490 e. The fourth-order valence-corrected chi connectivity index (χ4v) is 3.26. The smallest absolute Gasteiger partial charge is 0.335 e. The lowest BCUT2D eigenvalue weighted by Crippen LogP contribution is -2.43. The molecule has 2 rings (SSSR count). The Bertz CT molecular complexity index is 892. The van der Waals surface area contributed by atoms with E-state index in [2.05, 4.69) is 26.6 Å². The molecule has 0 fully saturated rings. The number of amides is 1. The number of carbonyl (C=O) groups excluding carboxylic acids is 1. The van der Waals surface area contributed by atoms with Gasteiger partial charge in [0.1, 0.15) is 0 Å². The van der Waals surface area contributed by atoms with Crippen molar-refractivity contribution in [3.05, 3.63) is 52.0 Å². The number of hydrogen-bond donors (Lipinski definition) is 3. The first-order chi connectivity index (χ1) is 14.1. The number of carbonyl (C=O) groups is 2. The lowest BCUT2D eigenvalue weighted by atomic mass is 10.1. The average molecular weight is 479 g/mol. The molecule has 0 bridgehead atoms. The zero-order chi connectivity index (χ0) is 22.3. The summed E-state index contributed by atoms with van der Waals surface area (Å²) in [6.07, 6.45) is 0. The van der Waals surface area contributed by atoms with E-state index in [1.54, 1.807) is 24.3 Å². The van der Waals surface area contributed by atoms with Crippen LogP contribution < -0.4 is 20.1 Å². The number of anilines is 1. The molecule has 0 aromatic heterocycles. The monoisotopic (exact) mass is 478 g/mol. The first-order valence-corrected chi connectivity index (χ1v) is 10.3. The Kier molecular flexibility index (Phi) is 8.11. The summed E-state index contributed by atoms with van der Waals surface area (Å²) in [6, 6.07) is 10.3. The van der Waals surface area contributed by atoms with Gasteiger partial charge >= 0.3 is 5.97 Å². The summed E-state index contributed by atoms with van der Waals surface area (Å²) >= 11 is 3.50. The SMILES string of the molecule is CCOc1cc(CNc2ccc(C(=O)O)cc2)cc(Br)c1OCC(=O)NC(C)(C)C. The number of ether oxygens (including phenoxy) is 2. The van der Waals surface area contributed by atoms with E-state index in [1.165, 1.54) is 0 Å². The molecular formula is C22H27BrN2O5. The Morgan fingerprint density at radius 3 is 2.33 bits per heavy atom. The second kappa shape index (κ2) is 10.3.